The first-order valence-corrected chi connectivity index (χ1v) is 0.671. The van der Waals surface area contributed by atoms with Crippen LogP contribution in [0.4, 0.5) is 0 Å². The van der Waals surface area contributed by atoms with E-state index in [0.717, 1.165) is 0 Å². The quantitative estimate of drug-likeness (QED) is 0.460. The van der Waals surface area contributed by atoms with Crippen molar-refractivity contribution in [2.45, 2.75) is 0 Å². The second-order valence-electron chi connectivity index (χ2n) is 0. The molecule has 0 rings (SSSR count). The standard InChI is InChI=1S/3CN.Au.Li/c3*1-2;;/q3*-1;+3;. The van der Waals surface area contributed by atoms with Crippen LogP contribution in [0, 0.1) is 35.5 Å². The fraction of sp³-hybridized carbons (Fsp3) is 0. The van der Waals surface area contributed by atoms with Crippen molar-refractivity contribution >= 4 is 18.9 Å². The van der Waals surface area contributed by atoms with Gasteiger partial charge in [-0.15, -0.1) is 0 Å². The largest absolute Gasteiger partial charge is 3.00 e. The molecule has 0 saturated carbocycles. The van der Waals surface area contributed by atoms with Gasteiger partial charge in [-0.25, -0.2) is 0 Å². The van der Waals surface area contributed by atoms with Crippen molar-refractivity contribution in [1.82, 2.24) is 0 Å². The monoisotopic (exact) mass is 282 g/mol. The van der Waals surface area contributed by atoms with Crippen molar-refractivity contribution in [2.75, 3.05) is 0 Å². The van der Waals surface area contributed by atoms with E-state index in [1.807, 2.05) is 0 Å². The van der Waals surface area contributed by atoms with E-state index in [4.69, 9.17) is 35.5 Å². The van der Waals surface area contributed by atoms with Crippen LogP contribution in [0.25, 0.3) is 0 Å². The zero-order valence-electron chi connectivity index (χ0n) is 4.14. The topological polar surface area (TPSA) is 71.4 Å². The molecule has 0 bridgehead atoms. The molecule has 0 saturated heterocycles. The molecule has 0 N–H and O–H groups in total. The molecule has 0 amide bonds. The van der Waals surface area contributed by atoms with Crippen LogP contribution in [0.3, 0.4) is 0 Å². The summed E-state index contributed by atoms with van der Waals surface area (Å²) >= 11 is 0. The number of hydrogen-bond acceptors (Lipinski definition) is 3. The van der Waals surface area contributed by atoms with Gasteiger partial charge in [-0.05, 0) is 0 Å². The average molecular weight is 282 g/mol. The molecule has 3 nitrogen and oxygen atoms in total. The second kappa shape index (κ2) is 6210. The minimum atomic E-state index is 0. The van der Waals surface area contributed by atoms with Crippen molar-refractivity contribution in [3.05, 3.63) is 19.7 Å². The summed E-state index contributed by atoms with van der Waals surface area (Å²) in [6.07, 6.45) is 0. The van der Waals surface area contributed by atoms with E-state index in [1.54, 1.807) is 0 Å². The first-order chi connectivity index (χ1) is 3.00. The molecule has 1 radical (unpaired) electrons. The summed E-state index contributed by atoms with van der Waals surface area (Å²) in [7, 11) is 0. The van der Waals surface area contributed by atoms with Gasteiger partial charge in [-0.2, -0.15) is 0 Å². The van der Waals surface area contributed by atoms with Crippen LogP contribution in [0.2, 0.25) is 0 Å². The predicted molar refractivity (Wildman–Crippen MR) is 20.7 cm³/mol. The third kappa shape index (κ3) is 3630. The summed E-state index contributed by atoms with van der Waals surface area (Å²) in [4.78, 5) is 0. The SMILES string of the molecule is [Au+3].[C-]#N.[C-]#N.[C-]#N.[Li]. The van der Waals surface area contributed by atoms with E-state index in [0.29, 0.717) is 0 Å². The van der Waals surface area contributed by atoms with E-state index < -0.39 is 0 Å². The first-order valence-electron chi connectivity index (χ1n) is 0.671. The Morgan fingerprint density at radius 1 is 0.625 bits per heavy atom. The molecule has 0 heterocycles. The van der Waals surface area contributed by atoms with E-state index in [9.17, 15) is 0 Å². The van der Waals surface area contributed by atoms with Crippen LogP contribution >= 0.6 is 0 Å². The van der Waals surface area contributed by atoms with Gasteiger partial charge >= 0.3 is 22.4 Å². The molecule has 0 atom stereocenters. The van der Waals surface area contributed by atoms with Crippen LogP contribution in [0.15, 0.2) is 0 Å². The predicted octanol–water partition coefficient (Wildman–Crippen LogP) is -0.0942. The Labute approximate surface area is 76.6 Å². The summed E-state index contributed by atoms with van der Waals surface area (Å²) in [5, 5.41) is 18.8. The normalized spacial score (nSPS) is 0.750. The fourth-order valence-electron chi connectivity index (χ4n) is 0. The number of rotatable bonds is 0. The Balaban J connectivity index is -0.00000000500. The molecule has 0 spiro atoms. The molecule has 39 valence electrons. The maximum Gasteiger partial charge on any atom is 3.00 e. The Hall–Kier alpha value is -0.192. The molecular formula is C3AuLiN3. The van der Waals surface area contributed by atoms with Crippen LogP contribution in [0.1, 0.15) is 0 Å². The zero-order valence-corrected chi connectivity index (χ0v) is 6.31. The van der Waals surface area contributed by atoms with E-state index in [2.05, 4.69) is 0 Å². The molecule has 0 aliphatic carbocycles. The van der Waals surface area contributed by atoms with E-state index >= 15 is 0 Å². The van der Waals surface area contributed by atoms with Gasteiger partial charge in [0, 0.05) is 18.9 Å². The Bertz CT molecular complexity index is 43.0. The van der Waals surface area contributed by atoms with Crippen molar-refractivity contribution < 1.29 is 22.4 Å². The smallest absolute Gasteiger partial charge is 0.512 e. The zero-order chi connectivity index (χ0) is 6.00. The average Bonchev–Trinajstić information content (AvgIpc) is 1.81. The number of hydrogen-bond donors (Lipinski definition) is 0. The van der Waals surface area contributed by atoms with Gasteiger partial charge in [0.1, 0.15) is 0 Å². The second-order valence-corrected chi connectivity index (χ2v) is 0. The van der Waals surface area contributed by atoms with Crippen molar-refractivity contribution in [2.24, 2.45) is 0 Å². The Morgan fingerprint density at radius 2 is 0.625 bits per heavy atom. The van der Waals surface area contributed by atoms with E-state index in [1.165, 1.54) is 0 Å². The van der Waals surface area contributed by atoms with Crippen LogP contribution < -0.4 is 0 Å². The maximum atomic E-state index is 6.25. The van der Waals surface area contributed by atoms with Crippen molar-refractivity contribution in [3.63, 3.8) is 0 Å². The third-order valence-electron chi connectivity index (χ3n) is 0. The Morgan fingerprint density at radius 3 is 0.625 bits per heavy atom. The van der Waals surface area contributed by atoms with Gasteiger partial charge in [0.05, 0.1) is 0 Å². The number of nitrogens with zero attached hydrogens (tertiary/aromatic N) is 3. The van der Waals surface area contributed by atoms with E-state index in [-0.39, 0.29) is 41.2 Å². The first kappa shape index (κ1) is 45.9. The summed E-state index contributed by atoms with van der Waals surface area (Å²) in [5.74, 6) is 0. The maximum absolute atomic E-state index is 6.25. The molecule has 8 heavy (non-hydrogen) atoms. The molecule has 0 aromatic carbocycles. The van der Waals surface area contributed by atoms with Gasteiger partial charge in [0.15, 0.2) is 0 Å². The molecule has 0 fully saturated rings. The summed E-state index contributed by atoms with van der Waals surface area (Å²) in [6.45, 7) is 14.2. The molecule has 0 unspecified atom stereocenters. The van der Waals surface area contributed by atoms with Gasteiger partial charge in [-0.3, -0.25) is 0 Å². The molecular weight excluding hydrogens is 282 g/mol. The fourth-order valence-corrected chi connectivity index (χ4v) is 0. The van der Waals surface area contributed by atoms with Crippen molar-refractivity contribution in [1.29, 1.82) is 15.8 Å². The Kier molecular flexibility index (Phi) is 35600. The molecule has 0 aliphatic heterocycles. The summed E-state index contributed by atoms with van der Waals surface area (Å²) in [5.41, 5.74) is 0. The van der Waals surface area contributed by atoms with Gasteiger partial charge < -0.3 is 35.5 Å². The van der Waals surface area contributed by atoms with Crippen LogP contribution in [-0.4, -0.2) is 18.9 Å². The van der Waals surface area contributed by atoms with Gasteiger partial charge in [0.2, 0.25) is 0 Å². The van der Waals surface area contributed by atoms with Gasteiger partial charge in [0.25, 0.3) is 0 Å². The third-order valence-corrected chi connectivity index (χ3v) is 0. The van der Waals surface area contributed by atoms with Crippen molar-refractivity contribution in [3.8, 4) is 0 Å². The van der Waals surface area contributed by atoms with Crippen LogP contribution in [0.5, 0.6) is 0 Å². The molecule has 5 heteroatoms. The summed E-state index contributed by atoms with van der Waals surface area (Å²) in [6, 6.07) is 0. The minimum Gasteiger partial charge on any atom is -0.512 e. The molecule has 0 aromatic heterocycles. The van der Waals surface area contributed by atoms with Crippen LogP contribution in [-0.2, 0) is 22.4 Å². The molecule has 0 aromatic rings. The van der Waals surface area contributed by atoms with Gasteiger partial charge in [-0.1, -0.05) is 0 Å². The summed E-state index contributed by atoms with van der Waals surface area (Å²) < 4.78 is 0. The minimum absolute atomic E-state index is 0. The molecule has 0 aliphatic rings.